The largest absolute Gasteiger partial charge is 0.453 e. The lowest BCUT2D eigenvalue weighted by atomic mass is 9.33. The first kappa shape index (κ1) is 27.0. The highest BCUT2D eigenvalue weighted by atomic mass is 16.5. The predicted molar refractivity (Wildman–Crippen MR) is 177 cm³/mol. The van der Waals surface area contributed by atoms with E-state index >= 15 is 0 Å². The van der Waals surface area contributed by atoms with E-state index in [1.807, 2.05) is 24.3 Å². The van der Waals surface area contributed by atoms with Crippen LogP contribution in [0.3, 0.4) is 0 Å². The molecule has 204 valence electrons. The van der Waals surface area contributed by atoms with Gasteiger partial charge in [0, 0.05) is 5.69 Å². The highest BCUT2D eigenvalue weighted by molar-refractivity contribution is 6.97. The molecule has 41 heavy (non-hydrogen) atoms. The molecule has 3 heteroatoms. The number of benzene rings is 5. The number of hydrogen-bond acceptors (Lipinski definition) is 2. The van der Waals surface area contributed by atoms with E-state index in [0.29, 0.717) is 0 Å². The maximum Gasteiger partial charge on any atom is 0.243 e. The number of hydrogen-bond donors (Lipinski definition) is 0. The summed E-state index contributed by atoms with van der Waals surface area (Å²) in [5.74, 6) is 1.75. The van der Waals surface area contributed by atoms with Crippen LogP contribution >= 0.6 is 0 Å². The Balaban J connectivity index is 1.60. The quantitative estimate of drug-likeness (QED) is 0.211. The van der Waals surface area contributed by atoms with Crippen molar-refractivity contribution in [3.63, 3.8) is 0 Å². The molecule has 0 amide bonds. The molecule has 1 aliphatic heterocycles. The van der Waals surface area contributed by atoms with E-state index in [9.17, 15) is 0 Å². The van der Waals surface area contributed by atoms with Crippen molar-refractivity contribution in [1.29, 1.82) is 0 Å². The molecule has 0 N–H and O–H groups in total. The van der Waals surface area contributed by atoms with Crippen molar-refractivity contribution in [2.24, 2.45) is 0 Å². The first-order valence-corrected chi connectivity index (χ1v) is 14.6. The number of rotatable bonds is 4. The number of anilines is 3. The molecule has 0 fully saturated rings. The molecule has 0 unspecified atom stereocenters. The first-order valence-electron chi connectivity index (χ1n) is 14.6. The molecule has 2 nitrogen and oxygen atoms in total. The van der Waals surface area contributed by atoms with Crippen LogP contribution in [-0.4, -0.2) is 6.71 Å². The van der Waals surface area contributed by atoms with Gasteiger partial charge in [-0.2, -0.15) is 0 Å². The topological polar surface area (TPSA) is 12.5 Å². The third kappa shape index (κ3) is 4.64. The smallest absolute Gasteiger partial charge is 0.243 e. The minimum Gasteiger partial charge on any atom is -0.453 e. The van der Waals surface area contributed by atoms with Gasteiger partial charge in [0.1, 0.15) is 0 Å². The molecule has 5 aromatic carbocycles. The van der Waals surface area contributed by atoms with Crippen LogP contribution in [0.4, 0.5) is 17.1 Å². The van der Waals surface area contributed by atoms with E-state index in [4.69, 9.17) is 4.74 Å². The van der Waals surface area contributed by atoms with Crippen molar-refractivity contribution < 1.29 is 4.74 Å². The second kappa shape index (κ2) is 10.3. The van der Waals surface area contributed by atoms with Crippen molar-refractivity contribution in [2.75, 3.05) is 4.90 Å². The summed E-state index contributed by atoms with van der Waals surface area (Å²) in [5, 5.41) is 0. The summed E-state index contributed by atoms with van der Waals surface area (Å²) < 4.78 is 6.30. The molecule has 0 atom stereocenters. The lowest BCUT2D eigenvalue weighted by molar-refractivity contribution is 0.477. The lowest BCUT2D eigenvalue weighted by Crippen LogP contribution is -2.57. The fraction of sp³-hybridized carbons (Fsp3) is 0.211. The van der Waals surface area contributed by atoms with Crippen LogP contribution in [0.25, 0.3) is 0 Å². The maximum absolute atomic E-state index is 6.30. The van der Waals surface area contributed by atoms with E-state index in [1.165, 1.54) is 60.9 Å². The van der Waals surface area contributed by atoms with Crippen LogP contribution in [0.15, 0.2) is 84.9 Å². The third-order valence-electron chi connectivity index (χ3n) is 8.61. The lowest BCUT2D eigenvalue weighted by Gasteiger charge is -2.34. The number of aryl methyl sites for hydroxylation is 8. The summed E-state index contributed by atoms with van der Waals surface area (Å²) in [6.07, 6.45) is 0. The van der Waals surface area contributed by atoms with Gasteiger partial charge in [0.25, 0.3) is 0 Å². The van der Waals surface area contributed by atoms with Gasteiger partial charge in [0.05, 0.1) is 11.4 Å². The third-order valence-corrected chi connectivity index (χ3v) is 8.61. The van der Waals surface area contributed by atoms with Gasteiger partial charge in [-0.3, -0.25) is 0 Å². The van der Waals surface area contributed by atoms with Crippen molar-refractivity contribution in [3.8, 4) is 11.5 Å². The normalized spacial score (nSPS) is 12.0. The second-order valence-corrected chi connectivity index (χ2v) is 11.9. The van der Waals surface area contributed by atoms with E-state index in [-0.39, 0.29) is 6.71 Å². The molecule has 0 aliphatic carbocycles. The van der Waals surface area contributed by atoms with E-state index in [1.54, 1.807) is 0 Å². The van der Waals surface area contributed by atoms with Gasteiger partial charge in [0.2, 0.25) is 6.71 Å². The van der Waals surface area contributed by atoms with Crippen molar-refractivity contribution in [2.45, 2.75) is 55.4 Å². The van der Waals surface area contributed by atoms with Crippen LogP contribution in [0.5, 0.6) is 11.5 Å². The average molecular weight is 536 g/mol. The number of fused-ring (bicyclic) bond motifs is 2. The first-order chi connectivity index (χ1) is 19.6. The zero-order valence-electron chi connectivity index (χ0n) is 25.5. The van der Waals surface area contributed by atoms with Crippen molar-refractivity contribution in [1.82, 2.24) is 0 Å². The Bertz CT molecular complexity index is 1650. The van der Waals surface area contributed by atoms with Gasteiger partial charge in [-0.05, 0) is 91.8 Å². The summed E-state index contributed by atoms with van der Waals surface area (Å²) in [7, 11) is 0. The maximum atomic E-state index is 6.30. The van der Waals surface area contributed by atoms with Gasteiger partial charge in [-0.15, -0.1) is 0 Å². The molecule has 0 saturated heterocycles. The van der Waals surface area contributed by atoms with Gasteiger partial charge in [0.15, 0.2) is 11.5 Å². The number of ether oxygens (including phenoxy) is 1. The van der Waals surface area contributed by atoms with Gasteiger partial charge >= 0.3 is 0 Å². The summed E-state index contributed by atoms with van der Waals surface area (Å²) in [6, 6.07) is 30.7. The highest BCUT2D eigenvalue weighted by Crippen LogP contribution is 2.50. The average Bonchev–Trinajstić information content (AvgIpc) is 2.90. The minimum absolute atomic E-state index is 0.148. The molecule has 0 bridgehead atoms. The molecule has 0 spiro atoms. The molecule has 1 aliphatic rings. The van der Waals surface area contributed by atoms with Gasteiger partial charge < -0.3 is 9.64 Å². The second-order valence-electron chi connectivity index (χ2n) is 11.9. The van der Waals surface area contributed by atoms with E-state index in [2.05, 4.69) is 121 Å². The Kier molecular flexibility index (Phi) is 6.78. The fourth-order valence-corrected chi connectivity index (χ4v) is 7.25. The Morgan fingerprint density at radius 2 is 0.805 bits per heavy atom. The zero-order valence-corrected chi connectivity index (χ0v) is 25.5. The van der Waals surface area contributed by atoms with Gasteiger partial charge in [-0.25, -0.2) is 0 Å². The number of nitrogens with zero attached hydrogens (tertiary/aromatic N) is 1. The van der Waals surface area contributed by atoms with Crippen LogP contribution in [0, 0.1) is 55.4 Å². The molecular weight excluding hydrogens is 497 g/mol. The van der Waals surface area contributed by atoms with E-state index in [0.717, 1.165) is 28.6 Å². The standard InChI is InChI=1S/C38H38BNO/c1-23-17-25(3)36(26(4)18-23)39(37-27(5)19-24(2)20-28(37)6)38-29(7)21-31(22-30(38)8)40-32-13-9-11-15-34(32)41-35-16-12-10-14-33(35)40/h9-22H,1-8H3. The summed E-state index contributed by atoms with van der Waals surface area (Å²) >= 11 is 0. The Morgan fingerprint density at radius 1 is 0.463 bits per heavy atom. The van der Waals surface area contributed by atoms with E-state index < -0.39 is 0 Å². The SMILES string of the molecule is Cc1cc(C)c(B(c2c(C)cc(C)cc2C)c2c(C)cc(N3c4ccccc4Oc4ccccc43)cc2C)c(C)c1. The Morgan fingerprint density at radius 3 is 1.20 bits per heavy atom. The predicted octanol–water partition coefficient (Wildman–Crippen LogP) is 8.25. The van der Waals surface area contributed by atoms with Crippen molar-refractivity contribution >= 4 is 40.2 Å². The van der Waals surface area contributed by atoms with Crippen molar-refractivity contribution in [3.05, 3.63) is 129 Å². The minimum atomic E-state index is 0.148. The van der Waals surface area contributed by atoms with Crippen LogP contribution in [0.2, 0.25) is 0 Å². The Labute approximate surface area is 245 Å². The highest BCUT2D eigenvalue weighted by Gasteiger charge is 2.32. The molecule has 5 aromatic rings. The summed E-state index contributed by atoms with van der Waals surface area (Å²) in [4.78, 5) is 2.34. The monoisotopic (exact) mass is 535 g/mol. The summed E-state index contributed by atoms with van der Waals surface area (Å²) in [6.45, 7) is 18.2. The number of para-hydroxylation sites is 4. The molecular formula is C38H38BNO. The molecule has 6 rings (SSSR count). The van der Waals surface area contributed by atoms with Crippen LogP contribution < -0.4 is 26.0 Å². The zero-order chi connectivity index (χ0) is 29.0. The molecule has 0 saturated carbocycles. The Hall–Kier alpha value is -4.24. The molecule has 1 heterocycles. The molecule has 0 aromatic heterocycles. The van der Waals surface area contributed by atoms with Gasteiger partial charge in [-0.1, -0.05) is 109 Å². The summed E-state index contributed by atoms with van der Waals surface area (Å²) in [5.41, 5.74) is 18.1. The van der Waals surface area contributed by atoms with Crippen LogP contribution in [0.1, 0.15) is 44.5 Å². The molecule has 0 radical (unpaired) electrons. The fourth-order valence-electron chi connectivity index (χ4n) is 7.25. The van der Waals surface area contributed by atoms with Crippen LogP contribution in [-0.2, 0) is 0 Å².